The zero-order valence-corrected chi connectivity index (χ0v) is 10.3. The summed E-state index contributed by atoms with van der Waals surface area (Å²) in [6, 6.07) is 4.34. The van der Waals surface area contributed by atoms with Crippen LogP contribution in [0.25, 0.3) is 11.5 Å². The minimum Gasteiger partial charge on any atom is -0.396 e. The molecular weight excluding hydrogens is 249 g/mol. The van der Waals surface area contributed by atoms with Crippen molar-refractivity contribution in [3.05, 3.63) is 29.8 Å². The number of hydrogen-bond acceptors (Lipinski definition) is 5. The Balaban J connectivity index is 1.78. The van der Waals surface area contributed by atoms with Gasteiger partial charge < -0.3 is 15.0 Å². The van der Waals surface area contributed by atoms with E-state index in [9.17, 15) is 4.39 Å². The first kappa shape index (κ1) is 12.1. The van der Waals surface area contributed by atoms with Gasteiger partial charge in [0.25, 0.3) is 5.89 Å². The Morgan fingerprint density at radius 2 is 2.32 bits per heavy atom. The van der Waals surface area contributed by atoms with E-state index >= 15 is 0 Å². The molecule has 6 heteroatoms. The lowest BCUT2D eigenvalue weighted by molar-refractivity contribution is 0.109. The second-order valence-corrected chi connectivity index (χ2v) is 4.59. The monoisotopic (exact) mass is 263 g/mol. The van der Waals surface area contributed by atoms with E-state index < -0.39 is 5.82 Å². The summed E-state index contributed by atoms with van der Waals surface area (Å²) in [5.74, 6) is 0.493. The molecule has 0 amide bonds. The largest absolute Gasteiger partial charge is 0.396 e. The van der Waals surface area contributed by atoms with Gasteiger partial charge in [-0.1, -0.05) is 5.16 Å². The van der Waals surface area contributed by atoms with Gasteiger partial charge in [-0.3, -0.25) is 0 Å². The molecule has 2 heterocycles. The Morgan fingerprint density at radius 1 is 1.42 bits per heavy atom. The maximum Gasteiger partial charge on any atom is 0.257 e. The molecule has 1 unspecified atom stereocenters. The molecular formula is C13H14FN3O2. The molecule has 1 aromatic heterocycles. The molecule has 0 spiro atoms. The number of nitrogen functional groups attached to an aromatic ring is 1. The molecule has 3 rings (SSSR count). The molecule has 2 N–H and O–H groups in total. The van der Waals surface area contributed by atoms with E-state index in [2.05, 4.69) is 10.1 Å². The molecule has 19 heavy (non-hydrogen) atoms. The van der Waals surface area contributed by atoms with Crippen LogP contribution in [0.15, 0.2) is 22.7 Å². The van der Waals surface area contributed by atoms with Crippen LogP contribution in [0.1, 0.15) is 18.7 Å². The number of nitrogens with zero attached hydrogens (tertiary/aromatic N) is 2. The predicted molar refractivity (Wildman–Crippen MR) is 66.8 cm³/mol. The van der Waals surface area contributed by atoms with Crippen molar-refractivity contribution in [2.75, 3.05) is 12.3 Å². The lowest BCUT2D eigenvalue weighted by atomic mass is 10.2. The van der Waals surface area contributed by atoms with Gasteiger partial charge in [-0.05, 0) is 31.0 Å². The lowest BCUT2D eigenvalue weighted by Gasteiger charge is -2.03. The Morgan fingerprint density at radius 3 is 3.05 bits per heavy atom. The topological polar surface area (TPSA) is 74.2 Å². The minimum atomic E-state index is -0.456. The highest BCUT2D eigenvalue weighted by Crippen LogP contribution is 2.23. The fourth-order valence-electron chi connectivity index (χ4n) is 2.14. The van der Waals surface area contributed by atoms with Crippen LogP contribution in [0.2, 0.25) is 0 Å². The number of rotatable bonds is 3. The zero-order valence-electron chi connectivity index (χ0n) is 10.3. The number of hydrogen-bond donors (Lipinski definition) is 1. The second-order valence-electron chi connectivity index (χ2n) is 4.59. The summed E-state index contributed by atoms with van der Waals surface area (Å²) in [7, 11) is 0. The number of ether oxygens (including phenoxy) is 1. The van der Waals surface area contributed by atoms with Crippen LogP contribution in [0.5, 0.6) is 0 Å². The molecule has 1 saturated heterocycles. The Labute approximate surface area is 109 Å². The predicted octanol–water partition coefficient (Wildman–Crippen LogP) is 2.18. The maximum atomic E-state index is 13.1. The van der Waals surface area contributed by atoms with Gasteiger partial charge in [0.05, 0.1) is 11.8 Å². The average Bonchev–Trinajstić information content (AvgIpc) is 3.05. The third-order valence-electron chi connectivity index (χ3n) is 3.15. The summed E-state index contributed by atoms with van der Waals surface area (Å²) in [6.45, 7) is 0.796. The molecule has 5 nitrogen and oxygen atoms in total. The van der Waals surface area contributed by atoms with Crippen molar-refractivity contribution in [2.45, 2.75) is 25.4 Å². The number of aromatic nitrogens is 2. The SMILES string of the molecule is Nc1cc(-c2nc(CC3CCCO3)no2)ccc1F. The molecule has 1 aromatic carbocycles. The third-order valence-corrected chi connectivity index (χ3v) is 3.15. The van der Waals surface area contributed by atoms with E-state index in [4.69, 9.17) is 15.0 Å². The molecule has 2 aromatic rings. The summed E-state index contributed by atoms with van der Waals surface area (Å²) in [5.41, 5.74) is 6.19. The Hall–Kier alpha value is -1.95. The van der Waals surface area contributed by atoms with Crippen molar-refractivity contribution in [3.63, 3.8) is 0 Å². The van der Waals surface area contributed by atoms with Gasteiger partial charge in [-0.2, -0.15) is 4.98 Å². The summed E-state index contributed by atoms with van der Waals surface area (Å²) in [4.78, 5) is 4.28. The molecule has 1 aliphatic heterocycles. The first-order chi connectivity index (χ1) is 9.22. The maximum absolute atomic E-state index is 13.1. The van der Waals surface area contributed by atoms with Crippen LogP contribution >= 0.6 is 0 Å². The van der Waals surface area contributed by atoms with E-state index in [1.807, 2.05) is 0 Å². The number of anilines is 1. The van der Waals surface area contributed by atoms with E-state index in [1.54, 1.807) is 6.07 Å². The third kappa shape index (κ3) is 2.58. The van der Waals surface area contributed by atoms with E-state index in [0.717, 1.165) is 19.4 Å². The van der Waals surface area contributed by atoms with Gasteiger partial charge in [0, 0.05) is 18.6 Å². The van der Waals surface area contributed by atoms with Crippen LogP contribution in [0.4, 0.5) is 10.1 Å². The van der Waals surface area contributed by atoms with Crippen molar-refractivity contribution < 1.29 is 13.7 Å². The van der Waals surface area contributed by atoms with Crippen LogP contribution < -0.4 is 5.73 Å². The van der Waals surface area contributed by atoms with Gasteiger partial charge in [-0.25, -0.2) is 4.39 Å². The van der Waals surface area contributed by atoms with Gasteiger partial charge in [0.15, 0.2) is 5.82 Å². The van der Waals surface area contributed by atoms with Gasteiger partial charge >= 0.3 is 0 Å². The number of nitrogens with two attached hydrogens (primary N) is 1. The summed E-state index contributed by atoms with van der Waals surface area (Å²) < 4.78 is 23.8. The van der Waals surface area contributed by atoms with Gasteiger partial charge in [0.2, 0.25) is 0 Å². The standard InChI is InChI=1S/C13H14FN3O2/c14-10-4-3-8(6-11(10)15)13-16-12(17-19-13)7-9-2-1-5-18-9/h3-4,6,9H,1-2,5,7,15H2. The van der Waals surface area contributed by atoms with E-state index in [0.29, 0.717) is 23.7 Å². The lowest BCUT2D eigenvalue weighted by Crippen LogP contribution is -2.09. The molecule has 1 fully saturated rings. The minimum absolute atomic E-state index is 0.0661. The second kappa shape index (κ2) is 4.97. The fourth-order valence-corrected chi connectivity index (χ4v) is 2.14. The highest BCUT2D eigenvalue weighted by atomic mass is 19.1. The van der Waals surface area contributed by atoms with Gasteiger partial charge in [-0.15, -0.1) is 0 Å². The van der Waals surface area contributed by atoms with Crippen LogP contribution in [-0.2, 0) is 11.2 Å². The van der Waals surface area contributed by atoms with Crippen molar-refractivity contribution in [2.24, 2.45) is 0 Å². The van der Waals surface area contributed by atoms with Crippen molar-refractivity contribution in [1.29, 1.82) is 0 Å². The van der Waals surface area contributed by atoms with Crippen LogP contribution in [0, 0.1) is 5.82 Å². The fraction of sp³-hybridized carbons (Fsp3) is 0.385. The summed E-state index contributed by atoms with van der Waals surface area (Å²) >= 11 is 0. The first-order valence-corrected chi connectivity index (χ1v) is 6.22. The molecule has 0 saturated carbocycles. The molecule has 1 atom stereocenters. The smallest absolute Gasteiger partial charge is 0.257 e. The first-order valence-electron chi connectivity index (χ1n) is 6.22. The average molecular weight is 263 g/mol. The highest BCUT2D eigenvalue weighted by molar-refractivity contribution is 5.60. The summed E-state index contributed by atoms with van der Waals surface area (Å²) in [5, 5.41) is 3.91. The molecule has 0 bridgehead atoms. The van der Waals surface area contributed by atoms with Crippen molar-refractivity contribution >= 4 is 5.69 Å². The molecule has 1 aliphatic rings. The van der Waals surface area contributed by atoms with Gasteiger partial charge in [0.1, 0.15) is 5.82 Å². The number of halogens is 1. The Bertz CT molecular complexity index is 579. The number of benzene rings is 1. The normalized spacial score (nSPS) is 18.9. The van der Waals surface area contributed by atoms with Crippen LogP contribution in [0.3, 0.4) is 0 Å². The van der Waals surface area contributed by atoms with Crippen LogP contribution in [-0.4, -0.2) is 22.9 Å². The Kier molecular flexibility index (Phi) is 3.16. The van der Waals surface area contributed by atoms with E-state index in [1.165, 1.54) is 12.1 Å². The van der Waals surface area contributed by atoms with Crippen molar-refractivity contribution in [1.82, 2.24) is 10.1 Å². The molecule has 0 radical (unpaired) electrons. The molecule has 0 aliphatic carbocycles. The van der Waals surface area contributed by atoms with Crippen molar-refractivity contribution in [3.8, 4) is 11.5 Å². The quantitative estimate of drug-likeness (QED) is 0.859. The zero-order chi connectivity index (χ0) is 13.2. The van der Waals surface area contributed by atoms with E-state index in [-0.39, 0.29) is 11.8 Å². The summed E-state index contributed by atoms with van der Waals surface area (Å²) in [6.07, 6.45) is 2.90. The molecule has 100 valence electrons. The highest BCUT2D eigenvalue weighted by Gasteiger charge is 2.19.